The van der Waals surface area contributed by atoms with E-state index in [1.165, 1.54) is 51.8 Å². The Bertz CT molecular complexity index is 394. The van der Waals surface area contributed by atoms with E-state index in [9.17, 15) is 5.11 Å². The maximum absolute atomic E-state index is 9.56. The molecule has 0 aliphatic heterocycles. The summed E-state index contributed by atoms with van der Waals surface area (Å²) in [7, 11) is 0. The van der Waals surface area contributed by atoms with Crippen molar-refractivity contribution in [2.45, 2.75) is 92.1 Å². The van der Waals surface area contributed by atoms with Crippen LogP contribution in [0.5, 0.6) is 0 Å². The van der Waals surface area contributed by atoms with Crippen molar-refractivity contribution in [1.82, 2.24) is 4.98 Å². The van der Waals surface area contributed by atoms with E-state index < -0.39 is 18.4 Å². The average Bonchev–Trinajstić information content (AvgIpc) is 2.55. The number of aromatic nitrogens is 1. The van der Waals surface area contributed by atoms with Crippen LogP contribution >= 0.6 is 0 Å². The van der Waals surface area contributed by atoms with Crippen molar-refractivity contribution in [2.24, 2.45) is 0 Å². The Morgan fingerprint density at radius 2 is 1.48 bits per heavy atom. The first-order valence-electron chi connectivity index (χ1n) is 9.71. The van der Waals surface area contributed by atoms with Crippen LogP contribution in [-0.4, -0.2) is 34.6 Å². The fraction of sp³-hybridized carbons (Fsp3) is 0.750. The zero-order valence-corrected chi connectivity index (χ0v) is 18.6. The first kappa shape index (κ1) is 21.0. The van der Waals surface area contributed by atoms with Crippen molar-refractivity contribution in [1.29, 1.82) is 0 Å². The van der Waals surface area contributed by atoms with Crippen LogP contribution in [0.15, 0.2) is 18.3 Å². The van der Waals surface area contributed by atoms with Gasteiger partial charge >= 0.3 is 148 Å². The molecule has 132 valence electrons. The molecule has 1 aromatic heterocycles. The summed E-state index contributed by atoms with van der Waals surface area (Å²) >= 11 is -2.31. The first-order valence-corrected chi connectivity index (χ1v) is 17.2. The molecule has 0 saturated carbocycles. The summed E-state index contributed by atoms with van der Waals surface area (Å²) in [5.74, 6) is 0. The molecule has 0 aromatic carbocycles. The van der Waals surface area contributed by atoms with Crippen LogP contribution in [0.3, 0.4) is 0 Å². The van der Waals surface area contributed by atoms with Crippen molar-refractivity contribution in [3.63, 3.8) is 0 Å². The molecule has 0 fully saturated rings. The number of hydrogen-bond acceptors (Lipinski definition) is 2. The van der Waals surface area contributed by atoms with Gasteiger partial charge in [-0.3, -0.25) is 0 Å². The SMILES string of the molecule is CCC[CH2][Sn]([CH2]CCC)([CH2]CCC)[c]1ccc(CC(C)O)nc1. The monoisotopic (exact) mass is 427 g/mol. The summed E-state index contributed by atoms with van der Waals surface area (Å²) in [6.45, 7) is 8.80. The molecule has 2 nitrogen and oxygen atoms in total. The summed E-state index contributed by atoms with van der Waals surface area (Å²) in [5.41, 5.74) is 1.03. The molecule has 0 saturated heterocycles. The molecule has 1 heterocycles. The number of aliphatic hydroxyl groups excluding tert-OH is 1. The quantitative estimate of drug-likeness (QED) is 0.474. The van der Waals surface area contributed by atoms with Gasteiger partial charge in [-0.1, -0.05) is 0 Å². The van der Waals surface area contributed by atoms with E-state index in [0.717, 1.165) is 5.69 Å². The van der Waals surface area contributed by atoms with E-state index in [1.807, 2.05) is 6.92 Å². The van der Waals surface area contributed by atoms with Crippen molar-refractivity contribution in [2.75, 3.05) is 0 Å². The van der Waals surface area contributed by atoms with Gasteiger partial charge < -0.3 is 0 Å². The molecule has 0 radical (unpaired) electrons. The van der Waals surface area contributed by atoms with Gasteiger partial charge in [-0.2, -0.15) is 0 Å². The predicted molar refractivity (Wildman–Crippen MR) is 104 cm³/mol. The van der Waals surface area contributed by atoms with Gasteiger partial charge in [-0.25, -0.2) is 0 Å². The topological polar surface area (TPSA) is 33.1 Å². The van der Waals surface area contributed by atoms with Crippen molar-refractivity contribution in [3.05, 3.63) is 24.0 Å². The van der Waals surface area contributed by atoms with Crippen LogP contribution in [0.1, 0.15) is 71.9 Å². The molecule has 0 aliphatic rings. The maximum atomic E-state index is 9.56. The van der Waals surface area contributed by atoms with E-state index in [-0.39, 0.29) is 6.10 Å². The van der Waals surface area contributed by atoms with E-state index in [0.29, 0.717) is 6.42 Å². The van der Waals surface area contributed by atoms with Crippen LogP contribution in [0.2, 0.25) is 13.3 Å². The molecule has 1 N–H and O–H groups in total. The van der Waals surface area contributed by atoms with Crippen LogP contribution < -0.4 is 3.58 Å². The van der Waals surface area contributed by atoms with Crippen LogP contribution in [0, 0.1) is 0 Å². The molecule has 23 heavy (non-hydrogen) atoms. The van der Waals surface area contributed by atoms with Crippen molar-refractivity contribution < 1.29 is 5.11 Å². The molecule has 0 amide bonds. The fourth-order valence-corrected chi connectivity index (χ4v) is 19.2. The number of rotatable bonds is 12. The summed E-state index contributed by atoms with van der Waals surface area (Å²) in [6, 6.07) is 4.55. The van der Waals surface area contributed by atoms with E-state index in [4.69, 9.17) is 4.98 Å². The van der Waals surface area contributed by atoms with Gasteiger partial charge in [-0.05, 0) is 0 Å². The molecule has 1 rings (SSSR count). The van der Waals surface area contributed by atoms with Gasteiger partial charge in [0.1, 0.15) is 0 Å². The molecule has 3 heteroatoms. The third kappa shape index (κ3) is 7.13. The predicted octanol–water partition coefficient (Wildman–Crippen LogP) is 5.06. The van der Waals surface area contributed by atoms with Crippen LogP contribution in [-0.2, 0) is 6.42 Å². The van der Waals surface area contributed by atoms with Crippen molar-refractivity contribution >= 4 is 22.0 Å². The molecule has 1 unspecified atom stereocenters. The Morgan fingerprint density at radius 1 is 0.957 bits per heavy atom. The van der Waals surface area contributed by atoms with Gasteiger partial charge in [0.15, 0.2) is 0 Å². The fourth-order valence-electron chi connectivity index (χ4n) is 3.52. The molecule has 1 atom stereocenters. The molecule has 1 aromatic rings. The van der Waals surface area contributed by atoms with E-state index >= 15 is 0 Å². The Labute approximate surface area is 148 Å². The standard InChI is InChI=1S/C8H10NO.3C4H9.Sn/c1-7(10)6-8-4-2-3-5-9-8;3*1-3-4-2;/h2,4-5,7,10H,6H2,1H3;3*1,3-4H2,2H3;. The van der Waals surface area contributed by atoms with Gasteiger partial charge in [0.2, 0.25) is 0 Å². The third-order valence-electron chi connectivity index (χ3n) is 4.97. The number of nitrogens with zero attached hydrogens (tertiary/aromatic N) is 1. The molecule has 0 spiro atoms. The number of aliphatic hydroxyl groups is 1. The first-order chi connectivity index (χ1) is 11.1. The van der Waals surface area contributed by atoms with Gasteiger partial charge in [-0.15, -0.1) is 0 Å². The van der Waals surface area contributed by atoms with E-state index in [1.54, 1.807) is 3.58 Å². The number of pyridine rings is 1. The van der Waals surface area contributed by atoms with Crippen LogP contribution in [0.4, 0.5) is 0 Å². The zero-order chi connectivity index (χ0) is 17.1. The summed E-state index contributed by atoms with van der Waals surface area (Å²) in [4.78, 5) is 4.70. The Balaban J connectivity index is 3.02. The summed E-state index contributed by atoms with van der Waals surface area (Å²) in [6.07, 6.45) is 10.6. The summed E-state index contributed by atoms with van der Waals surface area (Å²) < 4.78 is 6.09. The Hall–Kier alpha value is -0.0913. The minimum atomic E-state index is -2.31. The number of unbranched alkanes of at least 4 members (excludes halogenated alkanes) is 3. The van der Waals surface area contributed by atoms with E-state index in [2.05, 4.69) is 39.1 Å². The minimum absolute atomic E-state index is 0.304. The molecule has 0 aliphatic carbocycles. The van der Waals surface area contributed by atoms with Gasteiger partial charge in [0.05, 0.1) is 0 Å². The molecular weight excluding hydrogens is 389 g/mol. The van der Waals surface area contributed by atoms with Crippen LogP contribution in [0.25, 0.3) is 0 Å². The Morgan fingerprint density at radius 3 is 1.83 bits per heavy atom. The zero-order valence-electron chi connectivity index (χ0n) is 15.8. The average molecular weight is 426 g/mol. The second kappa shape index (κ2) is 11.5. The number of hydrogen-bond donors (Lipinski definition) is 1. The second-order valence-electron chi connectivity index (χ2n) is 7.18. The van der Waals surface area contributed by atoms with Crippen molar-refractivity contribution in [3.8, 4) is 0 Å². The third-order valence-corrected chi connectivity index (χ3v) is 20.5. The second-order valence-corrected chi connectivity index (χ2v) is 20.4. The molecule has 0 bridgehead atoms. The van der Waals surface area contributed by atoms with Gasteiger partial charge in [0.25, 0.3) is 0 Å². The molecular formula is C20H37NOSn. The normalized spacial score (nSPS) is 13.3. The van der Waals surface area contributed by atoms with Gasteiger partial charge in [0, 0.05) is 0 Å². The summed E-state index contributed by atoms with van der Waals surface area (Å²) in [5, 5.41) is 9.56. The Kier molecular flexibility index (Phi) is 10.4.